The van der Waals surface area contributed by atoms with E-state index in [-0.39, 0.29) is 30.0 Å². The molecule has 0 radical (unpaired) electrons. The lowest BCUT2D eigenvalue weighted by Crippen LogP contribution is -2.31. The van der Waals surface area contributed by atoms with Crippen LogP contribution >= 0.6 is 34.4 Å². The fourth-order valence-corrected chi connectivity index (χ4v) is 5.50. The van der Waals surface area contributed by atoms with Crippen molar-refractivity contribution in [2.75, 3.05) is 19.0 Å². The Hall–Kier alpha value is -2.95. The molecule has 0 bridgehead atoms. The van der Waals surface area contributed by atoms with Gasteiger partial charge < -0.3 is 10.1 Å². The number of anilines is 1. The van der Waals surface area contributed by atoms with Gasteiger partial charge in [-0.15, -0.1) is 22.7 Å². The molecule has 1 aromatic carbocycles. The third-order valence-corrected chi connectivity index (χ3v) is 7.27. The molecule has 2 aromatic heterocycles. The first kappa shape index (κ1) is 22.3. The number of aromatic nitrogens is 1. The van der Waals surface area contributed by atoms with Gasteiger partial charge >= 0.3 is 0 Å². The number of carbonyl (C=O) groups is 3. The summed E-state index contributed by atoms with van der Waals surface area (Å²) in [6.45, 7) is 1.96. The van der Waals surface area contributed by atoms with E-state index in [1.54, 1.807) is 13.2 Å². The minimum Gasteiger partial charge on any atom is -0.497 e. The maximum absolute atomic E-state index is 12.5. The van der Waals surface area contributed by atoms with E-state index in [9.17, 15) is 14.4 Å². The number of hydrogen-bond donors (Lipinski definition) is 1. The summed E-state index contributed by atoms with van der Waals surface area (Å²) in [6.07, 6.45) is 1.70. The fraction of sp³-hybridized carbons (Fsp3) is 0.182. The van der Waals surface area contributed by atoms with Crippen LogP contribution in [-0.4, -0.2) is 40.6 Å². The summed E-state index contributed by atoms with van der Waals surface area (Å²) < 4.78 is 5.18. The van der Waals surface area contributed by atoms with Crippen LogP contribution in [0.25, 0.3) is 17.3 Å². The predicted molar refractivity (Wildman–Crippen MR) is 129 cm³/mol. The van der Waals surface area contributed by atoms with Crippen molar-refractivity contribution in [1.82, 2.24) is 9.88 Å². The second kappa shape index (κ2) is 9.68. The Morgan fingerprint density at radius 1 is 1.22 bits per heavy atom. The van der Waals surface area contributed by atoms with Gasteiger partial charge in [-0.25, -0.2) is 4.98 Å². The van der Waals surface area contributed by atoms with E-state index in [0.717, 1.165) is 43.4 Å². The Bertz CT molecular complexity index is 1180. The second-order valence-corrected chi connectivity index (χ2v) is 9.97. The summed E-state index contributed by atoms with van der Waals surface area (Å²) in [7, 11) is 1.61. The van der Waals surface area contributed by atoms with Gasteiger partial charge in [0.1, 0.15) is 5.75 Å². The van der Waals surface area contributed by atoms with Crippen molar-refractivity contribution in [3.05, 3.63) is 56.4 Å². The van der Waals surface area contributed by atoms with Crippen LogP contribution in [0.1, 0.15) is 16.2 Å². The molecule has 3 aromatic rings. The third-order valence-electron chi connectivity index (χ3n) is 4.66. The topological polar surface area (TPSA) is 88.6 Å². The molecule has 164 valence electrons. The molecule has 0 atom stereocenters. The molecule has 0 unspecified atom stereocenters. The summed E-state index contributed by atoms with van der Waals surface area (Å²) in [5, 5.41) is 4.79. The number of nitrogens with zero attached hydrogens (tertiary/aromatic N) is 2. The van der Waals surface area contributed by atoms with Gasteiger partial charge in [0.2, 0.25) is 5.91 Å². The van der Waals surface area contributed by atoms with Gasteiger partial charge in [0.25, 0.3) is 11.1 Å². The molecular weight excluding hydrogens is 466 g/mol. The molecule has 1 aliphatic rings. The van der Waals surface area contributed by atoms with Crippen molar-refractivity contribution in [3.63, 3.8) is 0 Å². The summed E-state index contributed by atoms with van der Waals surface area (Å²) in [4.78, 5) is 45.1. The zero-order valence-electron chi connectivity index (χ0n) is 17.3. The van der Waals surface area contributed by atoms with Crippen molar-refractivity contribution in [1.29, 1.82) is 0 Å². The smallest absolute Gasteiger partial charge is 0.293 e. The van der Waals surface area contributed by atoms with E-state index in [1.807, 2.05) is 48.7 Å². The van der Waals surface area contributed by atoms with Crippen molar-refractivity contribution in [2.45, 2.75) is 13.3 Å². The number of aryl methyl sites for hydroxylation is 1. The molecule has 7 nitrogen and oxygen atoms in total. The van der Waals surface area contributed by atoms with Crippen molar-refractivity contribution < 1.29 is 19.1 Å². The maximum atomic E-state index is 12.5. The Labute approximate surface area is 197 Å². The molecule has 0 aliphatic carbocycles. The van der Waals surface area contributed by atoms with Gasteiger partial charge in [-0.05, 0) is 60.5 Å². The lowest BCUT2D eigenvalue weighted by Gasteiger charge is -2.11. The lowest BCUT2D eigenvalue weighted by atomic mass is 10.1. The number of hydrogen-bond acceptors (Lipinski definition) is 8. The zero-order chi connectivity index (χ0) is 22.7. The normalized spacial score (nSPS) is 14.9. The van der Waals surface area contributed by atoms with E-state index in [0.29, 0.717) is 10.0 Å². The van der Waals surface area contributed by atoms with Gasteiger partial charge in [-0.2, -0.15) is 0 Å². The maximum Gasteiger partial charge on any atom is 0.293 e. The SMILES string of the molecule is COc1ccc(-c2nc(NC(=O)CCN3C(=O)SC(=Cc4cccs4)C3=O)sc2C)cc1. The first-order valence-electron chi connectivity index (χ1n) is 9.65. The van der Waals surface area contributed by atoms with Crippen molar-refractivity contribution in [2.24, 2.45) is 0 Å². The molecule has 10 heteroatoms. The van der Waals surface area contributed by atoms with Gasteiger partial charge in [-0.1, -0.05) is 6.07 Å². The van der Waals surface area contributed by atoms with E-state index < -0.39 is 0 Å². The molecule has 1 aliphatic heterocycles. The number of ether oxygens (including phenoxy) is 1. The number of thiophene rings is 1. The molecule has 0 saturated carbocycles. The fourth-order valence-electron chi connectivity index (χ4n) is 3.06. The summed E-state index contributed by atoms with van der Waals surface area (Å²) >= 11 is 3.76. The number of methoxy groups -OCH3 is 1. The van der Waals surface area contributed by atoms with Crippen LogP contribution in [0.4, 0.5) is 9.93 Å². The molecule has 4 rings (SSSR count). The van der Waals surface area contributed by atoms with Crippen LogP contribution < -0.4 is 10.1 Å². The van der Waals surface area contributed by atoms with Gasteiger partial charge in [0.15, 0.2) is 5.13 Å². The molecule has 1 saturated heterocycles. The van der Waals surface area contributed by atoms with E-state index in [1.165, 1.54) is 22.7 Å². The number of nitrogens with one attached hydrogen (secondary N) is 1. The van der Waals surface area contributed by atoms with Crippen LogP contribution in [0, 0.1) is 6.92 Å². The number of imide groups is 1. The van der Waals surface area contributed by atoms with Gasteiger partial charge in [0, 0.05) is 28.3 Å². The number of carbonyl (C=O) groups excluding carboxylic acids is 3. The molecule has 3 amide bonds. The van der Waals surface area contributed by atoms with Crippen molar-refractivity contribution in [3.8, 4) is 17.0 Å². The van der Waals surface area contributed by atoms with E-state index >= 15 is 0 Å². The van der Waals surface area contributed by atoms with E-state index in [2.05, 4.69) is 10.3 Å². The number of rotatable bonds is 7. The quantitative estimate of drug-likeness (QED) is 0.460. The Morgan fingerprint density at radius 3 is 2.69 bits per heavy atom. The Morgan fingerprint density at radius 2 is 2.00 bits per heavy atom. The van der Waals surface area contributed by atoms with Crippen LogP contribution in [0.3, 0.4) is 0 Å². The summed E-state index contributed by atoms with van der Waals surface area (Å²) in [5.41, 5.74) is 1.72. The minimum atomic E-state index is -0.368. The predicted octanol–water partition coefficient (Wildman–Crippen LogP) is 5.25. The monoisotopic (exact) mass is 485 g/mol. The largest absolute Gasteiger partial charge is 0.497 e. The highest BCUT2D eigenvalue weighted by molar-refractivity contribution is 8.18. The minimum absolute atomic E-state index is 0.000812. The summed E-state index contributed by atoms with van der Waals surface area (Å²) in [6, 6.07) is 11.3. The molecular formula is C22H19N3O4S3. The number of benzene rings is 1. The van der Waals surface area contributed by atoms with Gasteiger partial charge in [-0.3, -0.25) is 19.3 Å². The zero-order valence-corrected chi connectivity index (χ0v) is 19.7. The first-order valence-corrected chi connectivity index (χ1v) is 12.2. The number of amides is 3. The third kappa shape index (κ3) is 4.93. The van der Waals surface area contributed by atoms with Crippen molar-refractivity contribution >= 4 is 62.7 Å². The molecule has 32 heavy (non-hydrogen) atoms. The Kier molecular flexibility index (Phi) is 6.73. The number of thioether (sulfide) groups is 1. The average molecular weight is 486 g/mol. The first-order chi connectivity index (χ1) is 15.4. The highest BCUT2D eigenvalue weighted by Gasteiger charge is 2.35. The Balaban J connectivity index is 1.36. The van der Waals surface area contributed by atoms with Crippen LogP contribution in [0.5, 0.6) is 5.75 Å². The summed E-state index contributed by atoms with van der Waals surface area (Å²) in [5.74, 6) is 0.0853. The second-order valence-electron chi connectivity index (χ2n) is 6.80. The highest BCUT2D eigenvalue weighted by Crippen LogP contribution is 2.34. The highest BCUT2D eigenvalue weighted by atomic mass is 32.2. The van der Waals surface area contributed by atoms with Crippen LogP contribution in [0.2, 0.25) is 0 Å². The van der Waals surface area contributed by atoms with Gasteiger partial charge in [0.05, 0.1) is 17.7 Å². The standard InChI is InChI=1S/C22H19N3O4S3/c1-13-19(14-5-7-15(29-2)8-6-14)24-21(31-13)23-18(26)9-10-25-20(27)17(32-22(25)28)12-16-4-3-11-30-16/h3-8,11-12H,9-10H2,1-2H3,(H,23,24,26). The molecule has 0 spiro atoms. The molecule has 3 heterocycles. The van der Waals surface area contributed by atoms with E-state index in [4.69, 9.17) is 4.74 Å². The van der Waals surface area contributed by atoms with Crippen LogP contribution in [-0.2, 0) is 9.59 Å². The lowest BCUT2D eigenvalue weighted by molar-refractivity contribution is -0.123. The molecule has 1 fully saturated rings. The van der Waals surface area contributed by atoms with Crippen LogP contribution in [0.15, 0.2) is 46.7 Å². The molecule has 1 N–H and O–H groups in total. The number of thiazole rings is 1. The average Bonchev–Trinajstić information content (AvgIpc) is 3.48.